The average molecular weight is 226 g/mol. The van der Waals surface area contributed by atoms with Crippen LogP contribution in [0.15, 0.2) is 23.9 Å². The Bertz CT molecular complexity index is 426. The molecule has 1 heterocycles. The van der Waals surface area contributed by atoms with Gasteiger partial charge in [0.1, 0.15) is 0 Å². The van der Waals surface area contributed by atoms with Gasteiger partial charge in [-0.05, 0) is 19.9 Å². The molecule has 0 aliphatic heterocycles. The van der Waals surface area contributed by atoms with Crippen LogP contribution in [0, 0.1) is 11.8 Å². The zero-order valence-electron chi connectivity index (χ0n) is 9.05. The predicted molar refractivity (Wildman–Crippen MR) is 55.9 cm³/mol. The third kappa shape index (κ3) is 3.12. The largest absolute Gasteiger partial charge is 0.348 e. The first-order valence-electron chi connectivity index (χ1n) is 4.74. The summed E-state index contributed by atoms with van der Waals surface area (Å²) in [7, 11) is 0. The van der Waals surface area contributed by atoms with E-state index in [1.165, 1.54) is 0 Å². The number of pyridine rings is 1. The van der Waals surface area contributed by atoms with E-state index in [1.807, 2.05) is 13.8 Å². The van der Waals surface area contributed by atoms with Gasteiger partial charge in [-0.3, -0.25) is 4.79 Å². The molecule has 0 saturated carbocycles. The number of allylic oxidation sites excluding steroid dienone is 1. The van der Waals surface area contributed by atoms with Crippen LogP contribution < -0.4 is 5.32 Å². The van der Waals surface area contributed by atoms with E-state index < -0.39 is 17.7 Å². The molecule has 0 saturated heterocycles. The first-order valence-corrected chi connectivity index (χ1v) is 4.74. The third-order valence-corrected chi connectivity index (χ3v) is 1.86. The van der Waals surface area contributed by atoms with Crippen molar-refractivity contribution in [2.24, 2.45) is 0 Å². The SMILES string of the molecule is CC(C)=CCNC(=O)c1ccnc(F)c1F. The van der Waals surface area contributed by atoms with E-state index in [9.17, 15) is 13.6 Å². The van der Waals surface area contributed by atoms with Gasteiger partial charge in [0, 0.05) is 12.7 Å². The summed E-state index contributed by atoms with van der Waals surface area (Å²) >= 11 is 0. The number of nitrogens with zero attached hydrogens (tertiary/aromatic N) is 1. The Kier molecular flexibility index (Phi) is 4.10. The van der Waals surface area contributed by atoms with Crippen LogP contribution in [0.3, 0.4) is 0 Å². The van der Waals surface area contributed by atoms with E-state index in [4.69, 9.17) is 0 Å². The lowest BCUT2D eigenvalue weighted by atomic mass is 10.2. The van der Waals surface area contributed by atoms with E-state index in [0.29, 0.717) is 0 Å². The molecule has 3 nitrogen and oxygen atoms in total. The van der Waals surface area contributed by atoms with Gasteiger partial charge >= 0.3 is 0 Å². The molecule has 0 aliphatic rings. The highest BCUT2D eigenvalue weighted by Gasteiger charge is 2.14. The summed E-state index contributed by atoms with van der Waals surface area (Å²) in [6.07, 6.45) is 2.82. The standard InChI is InChI=1S/C11H12F2N2O/c1-7(2)3-5-15-11(16)8-4-6-14-10(13)9(8)12/h3-4,6H,5H2,1-2H3,(H,15,16). The fraction of sp³-hybridized carbons (Fsp3) is 0.273. The van der Waals surface area contributed by atoms with E-state index in [1.54, 1.807) is 6.08 Å². The summed E-state index contributed by atoms with van der Waals surface area (Å²) in [5.41, 5.74) is 0.691. The van der Waals surface area contributed by atoms with Crippen LogP contribution in [0.1, 0.15) is 24.2 Å². The lowest BCUT2D eigenvalue weighted by molar-refractivity contribution is 0.0952. The Labute approximate surface area is 92.2 Å². The van der Waals surface area contributed by atoms with Crippen LogP contribution in [-0.2, 0) is 0 Å². The molecule has 16 heavy (non-hydrogen) atoms. The minimum absolute atomic E-state index is 0.282. The van der Waals surface area contributed by atoms with Crippen molar-refractivity contribution in [3.63, 3.8) is 0 Å². The molecule has 1 aromatic heterocycles. The Balaban J connectivity index is 2.74. The molecule has 0 spiro atoms. The molecule has 86 valence electrons. The zero-order valence-corrected chi connectivity index (χ0v) is 9.05. The van der Waals surface area contributed by atoms with Gasteiger partial charge in [0.2, 0.25) is 5.95 Å². The average Bonchev–Trinajstić information content (AvgIpc) is 2.21. The van der Waals surface area contributed by atoms with Crippen molar-refractivity contribution in [1.82, 2.24) is 10.3 Å². The van der Waals surface area contributed by atoms with E-state index in [0.717, 1.165) is 17.8 Å². The molecule has 0 atom stereocenters. The van der Waals surface area contributed by atoms with Gasteiger partial charge in [-0.25, -0.2) is 9.37 Å². The van der Waals surface area contributed by atoms with Gasteiger partial charge in [0.05, 0.1) is 5.56 Å². The highest BCUT2D eigenvalue weighted by Crippen LogP contribution is 2.08. The maximum atomic E-state index is 13.1. The van der Waals surface area contributed by atoms with Gasteiger partial charge in [0.25, 0.3) is 5.91 Å². The predicted octanol–water partition coefficient (Wildman–Crippen LogP) is 2.06. The maximum Gasteiger partial charge on any atom is 0.254 e. The van der Waals surface area contributed by atoms with Crippen LogP contribution in [0.2, 0.25) is 0 Å². The Morgan fingerprint density at radius 2 is 2.19 bits per heavy atom. The summed E-state index contributed by atoms with van der Waals surface area (Å²) in [5.74, 6) is -3.15. The number of amides is 1. The summed E-state index contributed by atoms with van der Waals surface area (Å²) in [6.45, 7) is 4.03. The highest BCUT2D eigenvalue weighted by molar-refractivity contribution is 5.94. The van der Waals surface area contributed by atoms with Crippen molar-refractivity contribution in [2.45, 2.75) is 13.8 Å². The van der Waals surface area contributed by atoms with Crippen LogP contribution in [-0.4, -0.2) is 17.4 Å². The van der Waals surface area contributed by atoms with Crippen molar-refractivity contribution < 1.29 is 13.6 Å². The molecule has 0 bridgehead atoms. The highest BCUT2D eigenvalue weighted by atomic mass is 19.2. The molecule has 1 rings (SSSR count). The summed E-state index contributed by atoms with van der Waals surface area (Å²) in [4.78, 5) is 14.5. The van der Waals surface area contributed by atoms with E-state index in [2.05, 4.69) is 10.3 Å². The van der Waals surface area contributed by atoms with Gasteiger partial charge < -0.3 is 5.32 Å². The molecular formula is C11H12F2N2O. The van der Waals surface area contributed by atoms with Gasteiger partial charge in [-0.1, -0.05) is 11.6 Å². The lowest BCUT2D eigenvalue weighted by Gasteiger charge is -2.03. The monoisotopic (exact) mass is 226 g/mol. The molecule has 0 aromatic carbocycles. The molecule has 5 heteroatoms. The van der Waals surface area contributed by atoms with Gasteiger partial charge in [-0.15, -0.1) is 0 Å². The summed E-state index contributed by atoms with van der Waals surface area (Å²) in [5, 5.41) is 2.45. The fourth-order valence-electron chi connectivity index (χ4n) is 1.04. The summed E-state index contributed by atoms with van der Waals surface area (Å²) in [6, 6.07) is 1.14. The quantitative estimate of drug-likeness (QED) is 0.633. The fourth-order valence-corrected chi connectivity index (χ4v) is 1.04. The first kappa shape index (κ1) is 12.3. The topological polar surface area (TPSA) is 42.0 Å². The molecule has 0 radical (unpaired) electrons. The van der Waals surface area contributed by atoms with Crippen molar-refractivity contribution in [3.05, 3.63) is 41.2 Å². The molecular weight excluding hydrogens is 214 g/mol. The Hall–Kier alpha value is -1.78. The number of carbonyl (C=O) groups excluding carboxylic acids is 1. The zero-order chi connectivity index (χ0) is 12.1. The number of rotatable bonds is 3. The second-order valence-corrected chi connectivity index (χ2v) is 3.45. The normalized spacial score (nSPS) is 9.75. The van der Waals surface area contributed by atoms with Crippen molar-refractivity contribution in [3.8, 4) is 0 Å². The number of carbonyl (C=O) groups is 1. The number of halogens is 2. The molecule has 1 amide bonds. The van der Waals surface area contributed by atoms with E-state index in [-0.39, 0.29) is 12.1 Å². The molecule has 1 N–H and O–H groups in total. The van der Waals surface area contributed by atoms with Crippen molar-refractivity contribution >= 4 is 5.91 Å². The van der Waals surface area contributed by atoms with Crippen LogP contribution in [0.4, 0.5) is 8.78 Å². The number of hydrogen-bond donors (Lipinski definition) is 1. The summed E-state index contributed by atoms with van der Waals surface area (Å²) < 4.78 is 25.8. The minimum Gasteiger partial charge on any atom is -0.348 e. The second kappa shape index (κ2) is 5.34. The lowest BCUT2D eigenvalue weighted by Crippen LogP contribution is -2.25. The van der Waals surface area contributed by atoms with Crippen LogP contribution in [0.5, 0.6) is 0 Å². The molecule has 0 fully saturated rings. The smallest absolute Gasteiger partial charge is 0.254 e. The second-order valence-electron chi connectivity index (χ2n) is 3.45. The number of nitrogens with one attached hydrogen (secondary N) is 1. The third-order valence-electron chi connectivity index (χ3n) is 1.86. The molecule has 0 unspecified atom stereocenters. The van der Waals surface area contributed by atoms with Crippen LogP contribution in [0.25, 0.3) is 0 Å². The maximum absolute atomic E-state index is 13.1. The van der Waals surface area contributed by atoms with Crippen molar-refractivity contribution in [2.75, 3.05) is 6.54 Å². The number of aromatic nitrogens is 1. The number of hydrogen-bond acceptors (Lipinski definition) is 2. The van der Waals surface area contributed by atoms with Crippen LogP contribution >= 0.6 is 0 Å². The minimum atomic E-state index is -1.27. The first-order chi connectivity index (χ1) is 7.52. The molecule has 1 aromatic rings. The Morgan fingerprint density at radius 3 is 2.81 bits per heavy atom. The molecule has 0 aliphatic carbocycles. The Morgan fingerprint density at radius 1 is 1.50 bits per heavy atom. The van der Waals surface area contributed by atoms with Gasteiger partial charge in [0.15, 0.2) is 5.82 Å². The van der Waals surface area contributed by atoms with Gasteiger partial charge in [-0.2, -0.15) is 4.39 Å². The van der Waals surface area contributed by atoms with E-state index >= 15 is 0 Å². The van der Waals surface area contributed by atoms with Crippen molar-refractivity contribution in [1.29, 1.82) is 0 Å².